The van der Waals surface area contributed by atoms with Gasteiger partial charge in [0.05, 0.1) is 18.4 Å². The number of ketones is 1. The molecular weight excluding hydrogens is 366 g/mol. The lowest BCUT2D eigenvalue weighted by atomic mass is 9.82. The van der Waals surface area contributed by atoms with Crippen molar-refractivity contribution in [3.63, 3.8) is 0 Å². The van der Waals surface area contributed by atoms with E-state index < -0.39 is 0 Å². The molecule has 0 radical (unpaired) electrons. The van der Waals surface area contributed by atoms with Crippen molar-refractivity contribution in [3.05, 3.63) is 82.7 Å². The van der Waals surface area contributed by atoms with Crippen LogP contribution in [0.1, 0.15) is 49.9 Å². The lowest BCUT2D eigenvalue weighted by Gasteiger charge is -2.23. The van der Waals surface area contributed by atoms with Crippen LogP contribution in [0.3, 0.4) is 0 Å². The van der Waals surface area contributed by atoms with Gasteiger partial charge in [-0.1, -0.05) is 30.3 Å². The van der Waals surface area contributed by atoms with Crippen molar-refractivity contribution >= 4 is 17.6 Å². The van der Waals surface area contributed by atoms with Crippen LogP contribution in [-0.2, 0) is 6.42 Å². The SMILES string of the molecule is COc1ccc([C@H]2CC(=O)c3cnc(NC(=O)c4ccccc4C)nc3C2)cc1. The molecule has 0 bridgehead atoms. The summed E-state index contributed by atoms with van der Waals surface area (Å²) >= 11 is 0. The highest BCUT2D eigenvalue weighted by Crippen LogP contribution is 2.32. The molecule has 0 saturated carbocycles. The first-order valence-electron chi connectivity index (χ1n) is 9.45. The fraction of sp³-hybridized carbons (Fsp3) is 0.217. The highest BCUT2D eigenvalue weighted by molar-refractivity contribution is 6.04. The summed E-state index contributed by atoms with van der Waals surface area (Å²) in [6, 6.07) is 15.1. The van der Waals surface area contributed by atoms with Crippen molar-refractivity contribution in [2.24, 2.45) is 0 Å². The van der Waals surface area contributed by atoms with Gasteiger partial charge < -0.3 is 4.74 Å². The van der Waals surface area contributed by atoms with Gasteiger partial charge in [0.15, 0.2) is 5.78 Å². The normalized spacial score (nSPS) is 15.5. The lowest BCUT2D eigenvalue weighted by molar-refractivity contribution is 0.0962. The van der Waals surface area contributed by atoms with Crippen molar-refractivity contribution in [2.45, 2.75) is 25.7 Å². The Morgan fingerprint density at radius 1 is 1.10 bits per heavy atom. The van der Waals surface area contributed by atoms with Gasteiger partial charge in [0.2, 0.25) is 5.95 Å². The molecule has 1 N–H and O–H groups in total. The van der Waals surface area contributed by atoms with Crippen molar-refractivity contribution in [1.29, 1.82) is 0 Å². The van der Waals surface area contributed by atoms with Gasteiger partial charge in [-0.25, -0.2) is 9.97 Å². The molecular formula is C23H21N3O3. The minimum atomic E-state index is -0.267. The Hall–Kier alpha value is -3.54. The molecule has 6 nitrogen and oxygen atoms in total. The van der Waals surface area contributed by atoms with E-state index >= 15 is 0 Å². The van der Waals surface area contributed by atoms with Crippen molar-refractivity contribution < 1.29 is 14.3 Å². The van der Waals surface area contributed by atoms with E-state index in [9.17, 15) is 9.59 Å². The zero-order valence-electron chi connectivity index (χ0n) is 16.3. The molecule has 1 heterocycles. The fourth-order valence-corrected chi connectivity index (χ4v) is 3.61. The predicted molar refractivity (Wildman–Crippen MR) is 110 cm³/mol. The number of ether oxygens (including phenoxy) is 1. The molecule has 0 fully saturated rings. The molecule has 1 atom stereocenters. The maximum atomic E-state index is 12.6. The van der Waals surface area contributed by atoms with E-state index in [2.05, 4.69) is 15.3 Å². The highest BCUT2D eigenvalue weighted by Gasteiger charge is 2.28. The summed E-state index contributed by atoms with van der Waals surface area (Å²) in [4.78, 5) is 33.8. The zero-order valence-corrected chi connectivity index (χ0v) is 16.3. The van der Waals surface area contributed by atoms with Crippen LogP contribution < -0.4 is 10.1 Å². The first kappa shape index (κ1) is 18.8. The number of nitrogens with zero attached hydrogens (tertiary/aromatic N) is 2. The van der Waals surface area contributed by atoms with Gasteiger partial charge in [0, 0.05) is 18.2 Å². The van der Waals surface area contributed by atoms with Gasteiger partial charge in [0.25, 0.3) is 5.91 Å². The molecule has 0 aliphatic heterocycles. The Kier molecular flexibility index (Phi) is 5.08. The number of carbonyl (C=O) groups is 2. The molecule has 3 aromatic rings. The minimum Gasteiger partial charge on any atom is -0.497 e. The number of anilines is 1. The fourth-order valence-electron chi connectivity index (χ4n) is 3.61. The van der Waals surface area contributed by atoms with E-state index in [1.165, 1.54) is 6.20 Å². The smallest absolute Gasteiger partial charge is 0.258 e. The van der Waals surface area contributed by atoms with Gasteiger partial charge in [-0.05, 0) is 48.6 Å². The monoisotopic (exact) mass is 387 g/mol. The van der Waals surface area contributed by atoms with E-state index in [-0.39, 0.29) is 23.6 Å². The maximum absolute atomic E-state index is 12.6. The number of benzene rings is 2. The van der Waals surface area contributed by atoms with Crippen LogP contribution in [0.5, 0.6) is 5.75 Å². The number of Topliss-reactive ketones (excluding diaryl/α,β-unsaturated/α-hetero) is 1. The molecule has 29 heavy (non-hydrogen) atoms. The van der Waals surface area contributed by atoms with Gasteiger partial charge >= 0.3 is 0 Å². The Labute approximate surface area is 169 Å². The third-order valence-electron chi connectivity index (χ3n) is 5.24. The maximum Gasteiger partial charge on any atom is 0.258 e. The van der Waals surface area contributed by atoms with Crippen LogP contribution in [0.4, 0.5) is 5.95 Å². The van der Waals surface area contributed by atoms with Gasteiger partial charge in [-0.3, -0.25) is 14.9 Å². The third-order valence-corrected chi connectivity index (χ3v) is 5.24. The predicted octanol–water partition coefficient (Wildman–Crippen LogP) is 3.96. The zero-order chi connectivity index (χ0) is 20.4. The Morgan fingerprint density at radius 2 is 1.86 bits per heavy atom. The van der Waals surface area contributed by atoms with Crippen LogP contribution in [0.25, 0.3) is 0 Å². The second-order valence-electron chi connectivity index (χ2n) is 7.12. The number of amides is 1. The molecule has 0 spiro atoms. The molecule has 1 aromatic heterocycles. The summed E-state index contributed by atoms with van der Waals surface area (Å²) in [7, 11) is 1.62. The summed E-state index contributed by atoms with van der Waals surface area (Å²) in [5.41, 5.74) is 3.70. The van der Waals surface area contributed by atoms with Gasteiger partial charge in [0.1, 0.15) is 5.75 Å². The van der Waals surface area contributed by atoms with E-state index in [0.717, 1.165) is 16.9 Å². The molecule has 4 rings (SSSR count). The number of aryl methyl sites for hydroxylation is 1. The van der Waals surface area contributed by atoms with E-state index in [0.29, 0.717) is 29.7 Å². The number of hydrogen-bond acceptors (Lipinski definition) is 5. The Morgan fingerprint density at radius 3 is 2.59 bits per heavy atom. The number of aromatic nitrogens is 2. The van der Waals surface area contributed by atoms with Crippen molar-refractivity contribution in [2.75, 3.05) is 12.4 Å². The topological polar surface area (TPSA) is 81.2 Å². The second-order valence-corrected chi connectivity index (χ2v) is 7.12. The van der Waals surface area contributed by atoms with E-state index in [4.69, 9.17) is 4.74 Å². The van der Waals surface area contributed by atoms with Crippen LogP contribution in [0.2, 0.25) is 0 Å². The molecule has 1 amide bonds. The minimum absolute atomic E-state index is 0.0175. The first-order valence-corrected chi connectivity index (χ1v) is 9.45. The highest BCUT2D eigenvalue weighted by atomic mass is 16.5. The molecule has 0 unspecified atom stereocenters. The summed E-state index contributed by atoms with van der Waals surface area (Å²) in [5, 5.41) is 2.74. The molecule has 6 heteroatoms. The Bertz CT molecular complexity index is 1080. The van der Waals surface area contributed by atoms with Crippen LogP contribution >= 0.6 is 0 Å². The number of methoxy groups -OCH3 is 1. The number of hydrogen-bond donors (Lipinski definition) is 1. The average molecular weight is 387 g/mol. The van der Waals surface area contributed by atoms with E-state index in [1.807, 2.05) is 49.4 Å². The summed E-state index contributed by atoms with van der Waals surface area (Å²) in [5.74, 6) is 0.775. The quantitative estimate of drug-likeness (QED) is 0.733. The largest absolute Gasteiger partial charge is 0.497 e. The van der Waals surface area contributed by atoms with Crippen LogP contribution in [0, 0.1) is 6.92 Å². The molecule has 0 saturated heterocycles. The average Bonchev–Trinajstić information content (AvgIpc) is 2.73. The number of carbonyl (C=O) groups excluding carboxylic acids is 2. The number of nitrogens with one attached hydrogen (secondary N) is 1. The standard InChI is InChI=1S/C23H21N3O3/c1-14-5-3-4-6-18(14)22(28)26-23-24-13-19-20(25-23)11-16(12-21(19)27)15-7-9-17(29-2)10-8-15/h3-10,13,16H,11-12H2,1-2H3,(H,24,25,26,28)/t16-/m1/s1. The summed E-state index contributed by atoms with van der Waals surface area (Å²) < 4.78 is 5.20. The number of fused-ring (bicyclic) bond motifs is 1. The van der Waals surface area contributed by atoms with Crippen molar-refractivity contribution in [1.82, 2.24) is 9.97 Å². The third kappa shape index (κ3) is 3.87. The lowest BCUT2D eigenvalue weighted by Crippen LogP contribution is -2.22. The first-order chi connectivity index (χ1) is 14.0. The summed E-state index contributed by atoms with van der Waals surface area (Å²) in [6.07, 6.45) is 2.54. The van der Waals surface area contributed by atoms with Crippen LogP contribution in [0.15, 0.2) is 54.7 Å². The molecule has 1 aliphatic carbocycles. The van der Waals surface area contributed by atoms with Crippen molar-refractivity contribution in [3.8, 4) is 5.75 Å². The molecule has 1 aliphatic rings. The molecule has 2 aromatic carbocycles. The van der Waals surface area contributed by atoms with Gasteiger partial charge in [-0.15, -0.1) is 0 Å². The Balaban J connectivity index is 1.57. The second kappa shape index (κ2) is 7.83. The van der Waals surface area contributed by atoms with Gasteiger partial charge in [-0.2, -0.15) is 0 Å². The van der Waals surface area contributed by atoms with Crippen LogP contribution in [-0.4, -0.2) is 28.8 Å². The van der Waals surface area contributed by atoms with E-state index in [1.54, 1.807) is 13.2 Å². The number of rotatable bonds is 4. The molecule has 146 valence electrons. The summed E-state index contributed by atoms with van der Waals surface area (Å²) in [6.45, 7) is 1.88.